The molecule has 5 rings (SSSR count). The van der Waals surface area contributed by atoms with Crippen molar-refractivity contribution >= 4 is 44.1 Å². The third kappa shape index (κ3) is 4.56. The molecule has 1 atom stereocenters. The Labute approximate surface area is 218 Å². The molecule has 3 aromatic carbocycles. The molecular formula is C29H26N2O5S. The molecule has 1 N–H and O–H groups in total. The van der Waals surface area contributed by atoms with Crippen molar-refractivity contribution in [2.24, 2.45) is 0 Å². The lowest BCUT2D eigenvalue weighted by Gasteiger charge is -2.23. The number of rotatable bonds is 7. The molecule has 1 saturated heterocycles. The molecule has 1 unspecified atom stereocenters. The van der Waals surface area contributed by atoms with Crippen molar-refractivity contribution in [2.75, 3.05) is 18.6 Å². The highest BCUT2D eigenvalue weighted by molar-refractivity contribution is 7.22. The van der Waals surface area contributed by atoms with Crippen molar-refractivity contribution in [3.8, 4) is 11.5 Å². The first kappa shape index (κ1) is 24.5. The van der Waals surface area contributed by atoms with Crippen LogP contribution in [-0.2, 0) is 9.59 Å². The number of ketones is 1. The number of nitrogens with zero attached hydrogens (tertiary/aromatic N) is 2. The van der Waals surface area contributed by atoms with Crippen LogP contribution in [0, 0.1) is 6.92 Å². The maximum Gasteiger partial charge on any atom is 0.301 e. The number of ether oxygens (including phenoxy) is 2. The second-order valence-electron chi connectivity index (χ2n) is 8.79. The van der Waals surface area contributed by atoms with Gasteiger partial charge < -0.3 is 14.6 Å². The fraction of sp³-hybridized carbons (Fsp3) is 0.207. The van der Waals surface area contributed by atoms with E-state index in [1.54, 1.807) is 55.6 Å². The van der Waals surface area contributed by atoms with E-state index in [0.29, 0.717) is 34.4 Å². The van der Waals surface area contributed by atoms with E-state index in [1.165, 1.54) is 16.2 Å². The number of hydrogen-bond donors (Lipinski definition) is 1. The second kappa shape index (κ2) is 10.1. The van der Waals surface area contributed by atoms with Crippen LogP contribution in [-0.4, -0.2) is 35.5 Å². The van der Waals surface area contributed by atoms with Crippen molar-refractivity contribution in [1.29, 1.82) is 0 Å². The summed E-state index contributed by atoms with van der Waals surface area (Å²) in [4.78, 5) is 33.0. The number of Topliss-reactive ketones (excluding diaryl/α,β-unsaturated/α-hetero) is 1. The van der Waals surface area contributed by atoms with Crippen LogP contribution in [0.25, 0.3) is 16.0 Å². The summed E-state index contributed by atoms with van der Waals surface area (Å²) < 4.78 is 12.0. The highest BCUT2D eigenvalue weighted by Crippen LogP contribution is 2.45. The first-order valence-corrected chi connectivity index (χ1v) is 12.8. The van der Waals surface area contributed by atoms with E-state index >= 15 is 0 Å². The van der Waals surface area contributed by atoms with E-state index in [-0.39, 0.29) is 11.3 Å². The van der Waals surface area contributed by atoms with E-state index in [0.717, 1.165) is 22.2 Å². The van der Waals surface area contributed by atoms with Crippen molar-refractivity contribution in [3.63, 3.8) is 0 Å². The number of anilines is 1. The van der Waals surface area contributed by atoms with Gasteiger partial charge in [0.05, 0.1) is 35.5 Å². The number of amides is 1. The molecule has 1 aliphatic rings. The van der Waals surface area contributed by atoms with Gasteiger partial charge in [-0.05, 0) is 60.9 Å². The van der Waals surface area contributed by atoms with Gasteiger partial charge in [0.15, 0.2) is 5.13 Å². The zero-order valence-electron chi connectivity index (χ0n) is 20.7. The van der Waals surface area contributed by atoms with E-state index in [1.807, 2.05) is 32.0 Å². The Morgan fingerprint density at radius 3 is 2.62 bits per heavy atom. The maximum absolute atomic E-state index is 13.5. The minimum absolute atomic E-state index is 0.0127. The smallest absolute Gasteiger partial charge is 0.301 e. The number of methoxy groups -OCH3 is 1. The van der Waals surface area contributed by atoms with Crippen LogP contribution in [0.4, 0.5) is 5.13 Å². The molecule has 188 valence electrons. The largest absolute Gasteiger partial charge is 0.507 e. The Kier molecular flexibility index (Phi) is 6.67. The molecular weight excluding hydrogens is 488 g/mol. The lowest BCUT2D eigenvalue weighted by Crippen LogP contribution is -2.29. The van der Waals surface area contributed by atoms with Gasteiger partial charge in [0.1, 0.15) is 17.3 Å². The minimum Gasteiger partial charge on any atom is -0.507 e. The number of aryl methyl sites for hydroxylation is 1. The molecule has 0 aliphatic carbocycles. The molecule has 8 heteroatoms. The van der Waals surface area contributed by atoms with Crippen LogP contribution < -0.4 is 14.4 Å². The number of aliphatic hydroxyl groups is 1. The van der Waals surface area contributed by atoms with E-state index < -0.39 is 17.7 Å². The molecule has 0 bridgehead atoms. The predicted octanol–water partition coefficient (Wildman–Crippen LogP) is 6.03. The van der Waals surface area contributed by atoms with Gasteiger partial charge in [-0.1, -0.05) is 48.6 Å². The number of carbonyl (C=O) groups is 2. The molecule has 0 radical (unpaired) electrons. The molecule has 37 heavy (non-hydrogen) atoms. The summed E-state index contributed by atoms with van der Waals surface area (Å²) in [6.07, 6.45) is 0.832. The van der Waals surface area contributed by atoms with Crippen LogP contribution >= 0.6 is 11.3 Å². The normalized spacial score (nSPS) is 16.9. The van der Waals surface area contributed by atoms with Crippen molar-refractivity contribution in [1.82, 2.24) is 4.98 Å². The molecule has 7 nitrogen and oxygen atoms in total. The average Bonchev–Trinajstić information content (AvgIpc) is 3.44. The van der Waals surface area contributed by atoms with Crippen LogP contribution in [0.1, 0.15) is 36.1 Å². The molecule has 1 amide bonds. The number of carbonyl (C=O) groups excluding carboxylic acids is 2. The quantitative estimate of drug-likeness (QED) is 0.184. The van der Waals surface area contributed by atoms with Gasteiger partial charge in [-0.2, -0.15) is 0 Å². The third-order valence-corrected chi connectivity index (χ3v) is 7.19. The Bertz CT molecular complexity index is 1540. The van der Waals surface area contributed by atoms with E-state index in [4.69, 9.17) is 9.47 Å². The monoisotopic (exact) mass is 514 g/mol. The summed E-state index contributed by atoms with van der Waals surface area (Å²) in [5.74, 6) is -0.658. The number of fused-ring (bicyclic) bond motifs is 1. The van der Waals surface area contributed by atoms with Crippen LogP contribution in [0.15, 0.2) is 72.3 Å². The zero-order chi connectivity index (χ0) is 26.1. The summed E-state index contributed by atoms with van der Waals surface area (Å²) >= 11 is 1.33. The van der Waals surface area contributed by atoms with E-state index in [9.17, 15) is 14.7 Å². The Morgan fingerprint density at radius 1 is 1.05 bits per heavy atom. The molecule has 4 aromatic rings. The SMILES string of the molecule is CCCOc1cccc(/C(O)=C2\C(=O)C(=O)N(c3nc4ccc(C)cc4s3)C2c2cccc(OC)c2)c1. The standard InChI is InChI=1S/C29H26N2O5S/c1-4-13-36-21-10-6-8-19(16-21)26(32)24-25(18-7-5-9-20(15-18)35-3)31(28(34)27(24)33)29-30-22-12-11-17(2)14-23(22)37-29/h5-12,14-16,25,32H,4,13H2,1-3H3/b26-24+. The number of aliphatic hydroxyl groups excluding tert-OH is 1. The Balaban J connectivity index is 1.69. The molecule has 1 aromatic heterocycles. The highest BCUT2D eigenvalue weighted by Gasteiger charge is 2.48. The minimum atomic E-state index is -0.892. The van der Waals surface area contributed by atoms with Gasteiger partial charge >= 0.3 is 5.91 Å². The third-order valence-electron chi connectivity index (χ3n) is 6.17. The molecule has 0 saturated carbocycles. The lowest BCUT2D eigenvalue weighted by molar-refractivity contribution is -0.132. The van der Waals surface area contributed by atoms with Crippen LogP contribution in [0.2, 0.25) is 0 Å². The van der Waals surface area contributed by atoms with Crippen molar-refractivity contribution in [3.05, 3.63) is 89.0 Å². The van der Waals surface area contributed by atoms with Crippen LogP contribution in [0.3, 0.4) is 0 Å². The summed E-state index contributed by atoms with van der Waals surface area (Å²) in [5.41, 5.74) is 2.80. The highest BCUT2D eigenvalue weighted by atomic mass is 32.1. The Morgan fingerprint density at radius 2 is 1.84 bits per heavy atom. The number of aromatic nitrogens is 1. The molecule has 1 aliphatic heterocycles. The second-order valence-corrected chi connectivity index (χ2v) is 9.80. The topological polar surface area (TPSA) is 89.0 Å². The zero-order valence-corrected chi connectivity index (χ0v) is 21.5. The van der Waals surface area contributed by atoms with Gasteiger partial charge in [-0.3, -0.25) is 14.5 Å². The van der Waals surface area contributed by atoms with E-state index in [2.05, 4.69) is 4.98 Å². The van der Waals surface area contributed by atoms with Crippen molar-refractivity contribution < 1.29 is 24.2 Å². The fourth-order valence-electron chi connectivity index (χ4n) is 4.39. The summed E-state index contributed by atoms with van der Waals surface area (Å²) in [7, 11) is 1.55. The van der Waals surface area contributed by atoms with Gasteiger partial charge in [-0.15, -0.1) is 0 Å². The fourth-order valence-corrected chi connectivity index (χ4v) is 5.48. The summed E-state index contributed by atoms with van der Waals surface area (Å²) in [6, 6.07) is 19.0. The van der Waals surface area contributed by atoms with Gasteiger partial charge in [-0.25, -0.2) is 4.98 Å². The number of hydrogen-bond acceptors (Lipinski definition) is 7. The summed E-state index contributed by atoms with van der Waals surface area (Å²) in [5, 5.41) is 11.8. The number of benzene rings is 3. The first-order valence-electron chi connectivity index (χ1n) is 12.0. The van der Waals surface area contributed by atoms with Gasteiger partial charge in [0.25, 0.3) is 5.78 Å². The van der Waals surface area contributed by atoms with Crippen LogP contribution in [0.5, 0.6) is 11.5 Å². The van der Waals surface area contributed by atoms with Crippen molar-refractivity contribution in [2.45, 2.75) is 26.3 Å². The first-order chi connectivity index (χ1) is 17.9. The average molecular weight is 515 g/mol. The van der Waals surface area contributed by atoms with Gasteiger partial charge in [0, 0.05) is 5.56 Å². The summed E-state index contributed by atoms with van der Waals surface area (Å²) in [6.45, 7) is 4.51. The molecule has 2 heterocycles. The maximum atomic E-state index is 13.5. The van der Waals surface area contributed by atoms with Gasteiger partial charge in [0.2, 0.25) is 0 Å². The Hall–Kier alpha value is -4.17. The lowest BCUT2D eigenvalue weighted by atomic mass is 9.95. The predicted molar refractivity (Wildman–Crippen MR) is 144 cm³/mol. The molecule has 1 fully saturated rings. The number of thiazole rings is 1. The molecule has 0 spiro atoms.